The Morgan fingerprint density at radius 3 is 2.56 bits per heavy atom. The van der Waals surface area contributed by atoms with Crippen LogP contribution in [0, 0.1) is 10.8 Å². The van der Waals surface area contributed by atoms with E-state index in [1.165, 1.54) is 31.4 Å². The summed E-state index contributed by atoms with van der Waals surface area (Å²) in [5.41, 5.74) is 1.78. The Labute approximate surface area is 163 Å². The van der Waals surface area contributed by atoms with Crippen LogP contribution in [0.2, 0.25) is 0 Å². The molecule has 3 fully saturated rings. The Morgan fingerprint density at radius 1 is 1.11 bits per heavy atom. The Hall–Kier alpha value is -1.59. The maximum Gasteiger partial charge on any atom is 0.317 e. The monoisotopic (exact) mass is 371 g/mol. The lowest BCUT2D eigenvalue weighted by Crippen LogP contribution is -2.57. The summed E-state index contributed by atoms with van der Waals surface area (Å²) in [6.07, 6.45) is 4.84. The number of hydrogen-bond donors (Lipinski definition) is 1. The van der Waals surface area contributed by atoms with Crippen LogP contribution in [-0.4, -0.2) is 61.8 Å². The second-order valence-electron chi connectivity index (χ2n) is 9.29. The Balaban J connectivity index is 1.33. The second kappa shape index (κ2) is 7.80. The zero-order valence-electron chi connectivity index (χ0n) is 16.6. The summed E-state index contributed by atoms with van der Waals surface area (Å²) in [6, 6.07) is 10.9. The second-order valence-corrected chi connectivity index (χ2v) is 9.29. The highest BCUT2D eigenvalue weighted by atomic mass is 16.5. The van der Waals surface area contributed by atoms with Gasteiger partial charge in [-0.2, -0.15) is 0 Å². The average Bonchev–Trinajstić information content (AvgIpc) is 2.65. The highest BCUT2D eigenvalue weighted by Crippen LogP contribution is 2.39. The van der Waals surface area contributed by atoms with Crippen molar-refractivity contribution in [1.29, 1.82) is 0 Å². The van der Waals surface area contributed by atoms with Gasteiger partial charge in [0.05, 0.1) is 13.2 Å². The summed E-state index contributed by atoms with van der Waals surface area (Å²) in [7, 11) is 0. The molecular weight excluding hydrogens is 338 g/mol. The number of benzene rings is 1. The van der Waals surface area contributed by atoms with Crippen molar-refractivity contribution < 1.29 is 9.53 Å². The van der Waals surface area contributed by atoms with E-state index in [9.17, 15) is 4.79 Å². The van der Waals surface area contributed by atoms with E-state index in [1.807, 2.05) is 0 Å². The first-order valence-electron chi connectivity index (χ1n) is 10.4. The molecule has 0 aromatic heterocycles. The van der Waals surface area contributed by atoms with Gasteiger partial charge in [0.15, 0.2) is 0 Å². The van der Waals surface area contributed by atoms with Crippen molar-refractivity contribution in [1.82, 2.24) is 15.1 Å². The van der Waals surface area contributed by atoms with Gasteiger partial charge in [-0.05, 0) is 37.8 Å². The van der Waals surface area contributed by atoms with Crippen molar-refractivity contribution >= 4 is 6.03 Å². The van der Waals surface area contributed by atoms with Crippen molar-refractivity contribution in [2.24, 2.45) is 10.8 Å². The van der Waals surface area contributed by atoms with E-state index in [4.69, 9.17) is 4.74 Å². The molecule has 0 aliphatic carbocycles. The average molecular weight is 372 g/mol. The molecule has 3 saturated heterocycles. The molecule has 27 heavy (non-hydrogen) atoms. The van der Waals surface area contributed by atoms with Gasteiger partial charge in [-0.1, -0.05) is 37.3 Å². The van der Waals surface area contributed by atoms with Gasteiger partial charge in [0.25, 0.3) is 0 Å². The molecule has 5 nitrogen and oxygen atoms in total. The number of carbonyl (C=O) groups excluding carboxylic acids is 1. The molecule has 4 rings (SSSR count). The third kappa shape index (κ3) is 4.46. The summed E-state index contributed by atoms with van der Waals surface area (Å²) < 4.78 is 5.30. The minimum Gasteiger partial charge on any atom is -0.380 e. The number of hydrogen-bond acceptors (Lipinski definition) is 3. The van der Waals surface area contributed by atoms with Crippen LogP contribution in [0.3, 0.4) is 0 Å². The molecule has 1 aromatic rings. The largest absolute Gasteiger partial charge is 0.380 e. The predicted octanol–water partition coefficient (Wildman–Crippen LogP) is 3.11. The number of urea groups is 1. The van der Waals surface area contributed by atoms with E-state index in [2.05, 4.69) is 52.4 Å². The zero-order chi connectivity index (χ0) is 18.7. The van der Waals surface area contributed by atoms with Crippen LogP contribution in [-0.2, 0) is 11.3 Å². The molecule has 3 heterocycles. The summed E-state index contributed by atoms with van der Waals surface area (Å²) >= 11 is 0. The van der Waals surface area contributed by atoms with E-state index >= 15 is 0 Å². The van der Waals surface area contributed by atoms with E-state index in [1.54, 1.807) is 0 Å². The third-order valence-electron chi connectivity index (χ3n) is 6.51. The fraction of sp³-hybridized carbons (Fsp3) is 0.682. The van der Waals surface area contributed by atoms with E-state index < -0.39 is 0 Å². The van der Waals surface area contributed by atoms with Crippen molar-refractivity contribution in [2.45, 2.75) is 39.2 Å². The van der Waals surface area contributed by atoms with Gasteiger partial charge in [0.1, 0.15) is 0 Å². The smallest absolute Gasteiger partial charge is 0.317 e. The fourth-order valence-corrected chi connectivity index (χ4v) is 4.95. The Morgan fingerprint density at radius 2 is 1.85 bits per heavy atom. The molecule has 3 aliphatic heterocycles. The minimum atomic E-state index is 0.113. The molecule has 0 radical (unpaired) electrons. The van der Waals surface area contributed by atoms with Gasteiger partial charge in [0, 0.05) is 43.6 Å². The van der Waals surface area contributed by atoms with Crippen LogP contribution in [0.15, 0.2) is 30.3 Å². The van der Waals surface area contributed by atoms with Gasteiger partial charge in [-0.15, -0.1) is 0 Å². The number of amides is 2. The van der Waals surface area contributed by atoms with Gasteiger partial charge in [-0.25, -0.2) is 4.79 Å². The number of carbonyl (C=O) groups is 1. The molecule has 1 N–H and O–H groups in total. The normalized spacial score (nSPS) is 28.0. The summed E-state index contributed by atoms with van der Waals surface area (Å²) in [5, 5.41) is 3.16. The molecule has 0 saturated carbocycles. The van der Waals surface area contributed by atoms with E-state index in [0.29, 0.717) is 0 Å². The molecule has 1 atom stereocenters. The fourth-order valence-electron chi connectivity index (χ4n) is 4.95. The first kappa shape index (κ1) is 18.8. The standard InChI is InChI=1S/C22H33N3O2/c1-21(17-27-18-21)14-23-20(26)25-12-6-10-22(16-25)9-5-11-24(15-22)13-19-7-3-2-4-8-19/h2-4,7-8H,5-6,9-18H2,1H3,(H,23,26)/t22-/m1/s1. The molecule has 148 valence electrons. The molecule has 5 heteroatoms. The van der Waals surface area contributed by atoms with Gasteiger partial charge in [0.2, 0.25) is 0 Å². The number of piperidine rings is 2. The van der Waals surface area contributed by atoms with Crippen LogP contribution in [0.5, 0.6) is 0 Å². The summed E-state index contributed by atoms with van der Waals surface area (Å²) in [5.74, 6) is 0. The van der Waals surface area contributed by atoms with Gasteiger partial charge < -0.3 is 15.0 Å². The molecule has 3 aliphatic rings. The number of nitrogens with zero attached hydrogens (tertiary/aromatic N) is 2. The first-order valence-corrected chi connectivity index (χ1v) is 10.4. The highest BCUT2D eigenvalue weighted by Gasteiger charge is 2.41. The third-order valence-corrected chi connectivity index (χ3v) is 6.51. The molecule has 2 amide bonds. The Bertz CT molecular complexity index is 642. The van der Waals surface area contributed by atoms with Gasteiger partial charge in [-0.3, -0.25) is 4.90 Å². The molecule has 0 bridgehead atoms. The maximum absolute atomic E-state index is 12.7. The molecule has 0 unspecified atom stereocenters. The SMILES string of the molecule is CC1(CNC(=O)N2CCC[C@@]3(CCCN(Cc4ccccc4)C3)C2)COC1. The maximum atomic E-state index is 12.7. The summed E-state index contributed by atoms with van der Waals surface area (Å²) in [6.45, 7) is 9.49. The topological polar surface area (TPSA) is 44.8 Å². The summed E-state index contributed by atoms with van der Waals surface area (Å²) in [4.78, 5) is 17.4. The zero-order valence-corrected chi connectivity index (χ0v) is 16.6. The lowest BCUT2D eigenvalue weighted by atomic mass is 9.73. The lowest BCUT2D eigenvalue weighted by molar-refractivity contribution is -0.0980. The van der Waals surface area contributed by atoms with E-state index in [0.717, 1.165) is 52.4 Å². The van der Waals surface area contributed by atoms with Crippen LogP contribution in [0.4, 0.5) is 4.79 Å². The predicted molar refractivity (Wildman–Crippen MR) is 107 cm³/mol. The number of ether oxygens (including phenoxy) is 1. The van der Waals surface area contributed by atoms with Crippen molar-refractivity contribution in [3.63, 3.8) is 0 Å². The number of rotatable bonds is 4. The molecular formula is C22H33N3O2. The first-order chi connectivity index (χ1) is 13.1. The van der Waals surface area contributed by atoms with Crippen LogP contribution in [0.25, 0.3) is 0 Å². The highest BCUT2D eigenvalue weighted by molar-refractivity contribution is 5.74. The minimum absolute atomic E-state index is 0.113. The van der Waals surface area contributed by atoms with Crippen molar-refractivity contribution in [2.75, 3.05) is 45.9 Å². The Kier molecular flexibility index (Phi) is 5.42. The van der Waals surface area contributed by atoms with Gasteiger partial charge >= 0.3 is 6.03 Å². The molecule has 1 aromatic carbocycles. The van der Waals surface area contributed by atoms with Crippen LogP contribution >= 0.6 is 0 Å². The van der Waals surface area contributed by atoms with Crippen LogP contribution < -0.4 is 5.32 Å². The van der Waals surface area contributed by atoms with Crippen molar-refractivity contribution in [3.8, 4) is 0 Å². The van der Waals surface area contributed by atoms with Crippen molar-refractivity contribution in [3.05, 3.63) is 35.9 Å². The van der Waals surface area contributed by atoms with E-state index in [-0.39, 0.29) is 16.9 Å². The number of likely N-dealkylation sites (tertiary alicyclic amines) is 2. The number of nitrogens with one attached hydrogen (secondary N) is 1. The van der Waals surface area contributed by atoms with Crippen LogP contribution in [0.1, 0.15) is 38.2 Å². The quantitative estimate of drug-likeness (QED) is 0.884. The molecule has 1 spiro atoms. The lowest BCUT2D eigenvalue weighted by Gasteiger charge is -2.48.